The maximum absolute atomic E-state index is 12.5. The van der Waals surface area contributed by atoms with Gasteiger partial charge in [0.2, 0.25) is 0 Å². The molecule has 0 aromatic heterocycles. The standard InChI is InChI=1S/C10H16F3NO2/c1-9(2-3-9)7(14)4-6(5-8(15)16)10(11,12)13/h6-7H,2-5,14H2,1H3,(H,15,16)/t6-,7+/m0/s1. The van der Waals surface area contributed by atoms with Crippen LogP contribution in [0.25, 0.3) is 0 Å². The molecular formula is C10H16F3NO2. The number of rotatable bonds is 5. The van der Waals surface area contributed by atoms with Crippen molar-refractivity contribution in [2.75, 3.05) is 0 Å². The quantitative estimate of drug-likeness (QED) is 0.772. The molecule has 0 aliphatic heterocycles. The fraction of sp³-hybridized carbons (Fsp3) is 0.900. The second-order valence-corrected chi connectivity index (χ2v) is 4.83. The van der Waals surface area contributed by atoms with Gasteiger partial charge in [0.15, 0.2) is 0 Å². The van der Waals surface area contributed by atoms with Crippen molar-refractivity contribution < 1.29 is 23.1 Å². The molecule has 3 nitrogen and oxygen atoms in total. The van der Waals surface area contributed by atoms with Gasteiger partial charge in [-0.1, -0.05) is 6.92 Å². The summed E-state index contributed by atoms with van der Waals surface area (Å²) in [4.78, 5) is 10.4. The molecule has 1 saturated carbocycles. The highest BCUT2D eigenvalue weighted by Gasteiger charge is 2.48. The minimum absolute atomic E-state index is 0.220. The second-order valence-electron chi connectivity index (χ2n) is 4.83. The number of nitrogens with two attached hydrogens (primary N) is 1. The van der Waals surface area contributed by atoms with Crippen LogP contribution < -0.4 is 5.73 Å². The van der Waals surface area contributed by atoms with E-state index in [1.54, 1.807) is 0 Å². The zero-order valence-electron chi connectivity index (χ0n) is 9.05. The fourth-order valence-corrected chi connectivity index (χ4v) is 1.70. The minimum Gasteiger partial charge on any atom is -0.481 e. The van der Waals surface area contributed by atoms with Crippen LogP contribution >= 0.6 is 0 Å². The summed E-state index contributed by atoms with van der Waals surface area (Å²) >= 11 is 0. The van der Waals surface area contributed by atoms with Crippen molar-refractivity contribution in [3.05, 3.63) is 0 Å². The highest BCUT2D eigenvalue weighted by Crippen LogP contribution is 2.50. The third kappa shape index (κ3) is 3.37. The Morgan fingerprint density at radius 1 is 1.50 bits per heavy atom. The maximum atomic E-state index is 12.5. The molecule has 1 aliphatic carbocycles. The molecule has 0 bridgehead atoms. The number of hydrogen-bond acceptors (Lipinski definition) is 2. The van der Waals surface area contributed by atoms with Crippen LogP contribution in [0.15, 0.2) is 0 Å². The first-order valence-electron chi connectivity index (χ1n) is 5.19. The van der Waals surface area contributed by atoms with E-state index in [-0.39, 0.29) is 11.8 Å². The molecule has 6 heteroatoms. The Kier molecular flexibility index (Phi) is 3.52. The Labute approximate surface area is 91.8 Å². The third-order valence-electron chi connectivity index (χ3n) is 3.36. The van der Waals surface area contributed by atoms with Crippen LogP contribution in [0.4, 0.5) is 13.2 Å². The van der Waals surface area contributed by atoms with Crippen molar-refractivity contribution in [3.63, 3.8) is 0 Å². The molecule has 0 amide bonds. The van der Waals surface area contributed by atoms with Crippen LogP contribution in [0.3, 0.4) is 0 Å². The van der Waals surface area contributed by atoms with Gasteiger partial charge < -0.3 is 10.8 Å². The van der Waals surface area contributed by atoms with Crippen molar-refractivity contribution in [2.45, 2.75) is 44.8 Å². The van der Waals surface area contributed by atoms with Gasteiger partial charge in [0.05, 0.1) is 12.3 Å². The summed E-state index contributed by atoms with van der Waals surface area (Å²) in [5, 5.41) is 8.44. The van der Waals surface area contributed by atoms with Crippen LogP contribution in [-0.2, 0) is 4.79 Å². The van der Waals surface area contributed by atoms with Gasteiger partial charge in [0.25, 0.3) is 0 Å². The summed E-state index contributed by atoms with van der Waals surface area (Å²) in [5.41, 5.74) is 5.47. The van der Waals surface area contributed by atoms with Crippen LogP contribution in [-0.4, -0.2) is 23.3 Å². The van der Waals surface area contributed by atoms with Gasteiger partial charge in [-0.15, -0.1) is 0 Å². The van der Waals surface area contributed by atoms with E-state index in [0.29, 0.717) is 0 Å². The molecule has 2 atom stereocenters. The van der Waals surface area contributed by atoms with Gasteiger partial charge in [-0.2, -0.15) is 13.2 Å². The Morgan fingerprint density at radius 2 is 2.00 bits per heavy atom. The topological polar surface area (TPSA) is 63.3 Å². The van der Waals surface area contributed by atoms with Crippen molar-refractivity contribution >= 4 is 5.97 Å². The molecule has 0 radical (unpaired) electrons. The van der Waals surface area contributed by atoms with E-state index in [1.165, 1.54) is 0 Å². The lowest BCUT2D eigenvalue weighted by atomic mass is 9.88. The molecule has 1 rings (SSSR count). The van der Waals surface area contributed by atoms with Crippen molar-refractivity contribution in [1.29, 1.82) is 0 Å². The number of carboxylic acid groups (broad SMARTS) is 1. The SMILES string of the molecule is CC1([C@H](N)C[C@@H](CC(=O)O)C(F)(F)F)CC1. The first-order valence-corrected chi connectivity index (χ1v) is 5.19. The molecular weight excluding hydrogens is 223 g/mol. The summed E-state index contributed by atoms with van der Waals surface area (Å²) in [7, 11) is 0. The summed E-state index contributed by atoms with van der Waals surface area (Å²) in [5.74, 6) is -3.27. The number of carboxylic acids is 1. The zero-order valence-corrected chi connectivity index (χ0v) is 9.05. The minimum atomic E-state index is -4.48. The predicted octanol–water partition coefficient (Wildman–Crippen LogP) is 2.16. The lowest BCUT2D eigenvalue weighted by Crippen LogP contribution is -2.37. The van der Waals surface area contributed by atoms with E-state index in [9.17, 15) is 18.0 Å². The van der Waals surface area contributed by atoms with E-state index in [4.69, 9.17) is 10.8 Å². The van der Waals surface area contributed by atoms with Crippen LogP contribution in [0.1, 0.15) is 32.6 Å². The van der Waals surface area contributed by atoms with Crippen LogP contribution in [0, 0.1) is 11.3 Å². The number of halogens is 3. The molecule has 94 valence electrons. The van der Waals surface area contributed by atoms with E-state index in [1.807, 2.05) is 6.92 Å². The van der Waals surface area contributed by atoms with Gasteiger partial charge in [-0.05, 0) is 24.7 Å². The summed E-state index contributed by atoms with van der Waals surface area (Å²) in [6, 6.07) is -0.571. The average molecular weight is 239 g/mol. The number of carbonyl (C=O) groups is 1. The molecule has 0 aromatic carbocycles. The van der Waals surface area contributed by atoms with Crippen molar-refractivity contribution in [2.24, 2.45) is 17.1 Å². The lowest BCUT2D eigenvalue weighted by molar-refractivity contribution is -0.186. The Morgan fingerprint density at radius 3 is 2.31 bits per heavy atom. The largest absolute Gasteiger partial charge is 0.481 e. The first-order chi connectivity index (χ1) is 7.15. The normalized spacial score (nSPS) is 22.6. The number of alkyl halides is 3. The summed E-state index contributed by atoms with van der Waals surface area (Å²) in [6.07, 6.45) is -4.03. The monoisotopic (exact) mass is 239 g/mol. The van der Waals surface area contributed by atoms with Gasteiger partial charge in [-0.25, -0.2) is 0 Å². The smallest absolute Gasteiger partial charge is 0.392 e. The van der Waals surface area contributed by atoms with Crippen molar-refractivity contribution in [3.8, 4) is 0 Å². The van der Waals surface area contributed by atoms with Gasteiger partial charge in [0.1, 0.15) is 0 Å². The fourth-order valence-electron chi connectivity index (χ4n) is 1.70. The summed E-state index contributed by atoms with van der Waals surface area (Å²) in [6.45, 7) is 1.84. The first kappa shape index (κ1) is 13.3. The Bertz CT molecular complexity index is 274. The van der Waals surface area contributed by atoms with Crippen LogP contribution in [0.5, 0.6) is 0 Å². The maximum Gasteiger partial charge on any atom is 0.392 e. The van der Waals surface area contributed by atoms with Gasteiger partial charge in [0, 0.05) is 6.04 Å². The molecule has 0 unspecified atom stereocenters. The Balaban J connectivity index is 2.59. The molecule has 1 fully saturated rings. The van der Waals surface area contributed by atoms with Gasteiger partial charge >= 0.3 is 12.1 Å². The van der Waals surface area contributed by atoms with E-state index >= 15 is 0 Å². The van der Waals surface area contributed by atoms with E-state index in [2.05, 4.69) is 0 Å². The number of hydrogen-bond donors (Lipinski definition) is 2. The number of aliphatic carboxylic acids is 1. The van der Waals surface area contributed by atoms with E-state index < -0.39 is 30.5 Å². The molecule has 0 spiro atoms. The second kappa shape index (κ2) is 4.24. The molecule has 16 heavy (non-hydrogen) atoms. The Hall–Kier alpha value is -0.780. The molecule has 1 aliphatic rings. The van der Waals surface area contributed by atoms with E-state index in [0.717, 1.165) is 12.8 Å². The summed E-state index contributed by atoms with van der Waals surface area (Å²) < 4.78 is 37.6. The third-order valence-corrected chi connectivity index (χ3v) is 3.36. The van der Waals surface area contributed by atoms with Crippen molar-refractivity contribution in [1.82, 2.24) is 0 Å². The molecule has 0 saturated heterocycles. The molecule has 3 N–H and O–H groups in total. The average Bonchev–Trinajstić information content (AvgIpc) is 2.81. The highest BCUT2D eigenvalue weighted by atomic mass is 19.4. The molecule has 0 heterocycles. The molecule has 0 aromatic rings. The predicted molar refractivity (Wildman–Crippen MR) is 51.7 cm³/mol. The lowest BCUT2D eigenvalue weighted by Gasteiger charge is -2.25. The highest BCUT2D eigenvalue weighted by molar-refractivity contribution is 5.67. The van der Waals surface area contributed by atoms with Gasteiger partial charge in [-0.3, -0.25) is 4.79 Å². The zero-order chi connectivity index (χ0) is 12.6. The van der Waals surface area contributed by atoms with Crippen LogP contribution in [0.2, 0.25) is 0 Å².